The minimum absolute atomic E-state index is 0.229. The standard InChI is InChI=1S/C9H12N4O/c1-6-3-7(5-14-6)9(10)8-4-11-12-13(8)2/h3-5,9H,10H2,1-2H3. The number of rotatable bonds is 2. The van der Waals surface area contributed by atoms with Crippen LogP contribution in [0.25, 0.3) is 0 Å². The van der Waals surface area contributed by atoms with Crippen LogP contribution in [0.1, 0.15) is 23.1 Å². The molecule has 0 radical (unpaired) electrons. The predicted molar refractivity (Wildman–Crippen MR) is 50.5 cm³/mol. The third-order valence-corrected chi connectivity index (χ3v) is 2.18. The predicted octanol–water partition coefficient (Wildman–Crippen LogP) is 0.765. The molecule has 0 fully saturated rings. The molecule has 0 amide bonds. The lowest BCUT2D eigenvalue weighted by molar-refractivity contribution is 0.529. The van der Waals surface area contributed by atoms with Gasteiger partial charge in [-0.1, -0.05) is 5.21 Å². The van der Waals surface area contributed by atoms with Crippen molar-refractivity contribution in [2.45, 2.75) is 13.0 Å². The lowest BCUT2D eigenvalue weighted by atomic mass is 10.1. The van der Waals surface area contributed by atoms with E-state index < -0.39 is 0 Å². The molecule has 0 spiro atoms. The maximum absolute atomic E-state index is 6.01. The Morgan fingerprint density at radius 3 is 2.86 bits per heavy atom. The van der Waals surface area contributed by atoms with Gasteiger partial charge in [0.2, 0.25) is 0 Å². The summed E-state index contributed by atoms with van der Waals surface area (Å²) in [5, 5.41) is 7.60. The van der Waals surface area contributed by atoms with Crippen LogP contribution in [0.2, 0.25) is 0 Å². The first-order chi connectivity index (χ1) is 6.68. The highest BCUT2D eigenvalue weighted by atomic mass is 16.3. The van der Waals surface area contributed by atoms with Crippen molar-refractivity contribution in [2.75, 3.05) is 0 Å². The lowest BCUT2D eigenvalue weighted by Crippen LogP contribution is -2.15. The Morgan fingerprint density at radius 1 is 1.57 bits per heavy atom. The summed E-state index contributed by atoms with van der Waals surface area (Å²) in [7, 11) is 1.81. The SMILES string of the molecule is Cc1cc(C(N)c2cnnn2C)co1. The highest BCUT2D eigenvalue weighted by molar-refractivity contribution is 5.24. The molecule has 74 valence electrons. The zero-order valence-corrected chi connectivity index (χ0v) is 8.14. The molecule has 0 aliphatic heterocycles. The van der Waals surface area contributed by atoms with E-state index in [1.807, 2.05) is 20.0 Å². The van der Waals surface area contributed by atoms with Crippen molar-refractivity contribution in [3.63, 3.8) is 0 Å². The van der Waals surface area contributed by atoms with Crippen LogP contribution in [-0.4, -0.2) is 15.0 Å². The van der Waals surface area contributed by atoms with Gasteiger partial charge in [0.15, 0.2) is 0 Å². The second-order valence-electron chi connectivity index (χ2n) is 3.25. The Hall–Kier alpha value is -1.62. The van der Waals surface area contributed by atoms with Crippen molar-refractivity contribution in [1.29, 1.82) is 0 Å². The Bertz CT molecular complexity index is 431. The molecule has 2 aromatic rings. The molecule has 0 bridgehead atoms. The van der Waals surface area contributed by atoms with E-state index in [1.165, 1.54) is 0 Å². The van der Waals surface area contributed by atoms with E-state index in [4.69, 9.17) is 10.2 Å². The van der Waals surface area contributed by atoms with Crippen molar-refractivity contribution in [3.8, 4) is 0 Å². The van der Waals surface area contributed by atoms with Crippen LogP contribution >= 0.6 is 0 Å². The summed E-state index contributed by atoms with van der Waals surface area (Å²) >= 11 is 0. The number of nitrogens with two attached hydrogens (primary N) is 1. The molecule has 2 aromatic heterocycles. The van der Waals surface area contributed by atoms with E-state index in [9.17, 15) is 0 Å². The van der Waals surface area contributed by atoms with Crippen LogP contribution in [-0.2, 0) is 7.05 Å². The number of hydrogen-bond acceptors (Lipinski definition) is 4. The van der Waals surface area contributed by atoms with E-state index in [0.29, 0.717) is 0 Å². The van der Waals surface area contributed by atoms with E-state index in [1.54, 1.807) is 17.1 Å². The first-order valence-corrected chi connectivity index (χ1v) is 4.33. The molecule has 1 atom stereocenters. The molecule has 5 heteroatoms. The largest absolute Gasteiger partial charge is 0.469 e. The van der Waals surface area contributed by atoms with E-state index in [2.05, 4.69) is 10.3 Å². The zero-order chi connectivity index (χ0) is 10.1. The number of furan rings is 1. The van der Waals surface area contributed by atoms with Gasteiger partial charge in [0.1, 0.15) is 5.76 Å². The van der Waals surface area contributed by atoms with E-state index in [0.717, 1.165) is 17.0 Å². The smallest absolute Gasteiger partial charge is 0.101 e. The Kier molecular flexibility index (Phi) is 2.09. The maximum Gasteiger partial charge on any atom is 0.101 e. The van der Waals surface area contributed by atoms with Gasteiger partial charge >= 0.3 is 0 Å². The monoisotopic (exact) mass is 192 g/mol. The third kappa shape index (κ3) is 1.42. The Balaban J connectivity index is 2.33. The summed E-state index contributed by atoms with van der Waals surface area (Å²) in [6, 6.07) is 1.69. The highest BCUT2D eigenvalue weighted by Gasteiger charge is 2.14. The fourth-order valence-corrected chi connectivity index (χ4v) is 1.38. The van der Waals surface area contributed by atoms with Crippen LogP contribution in [0.5, 0.6) is 0 Å². The van der Waals surface area contributed by atoms with Crippen molar-refractivity contribution in [3.05, 3.63) is 35.5 Å². The molecule has 0 aliphatic carbocycles. The lowest BCUT2D eigenvalue weighted by Gasteiger charge is -2.07. The van der Waals surface area contributed by atoms with Crippen molar-refractivity contribution in [2.24, 2.45) is 12.8 Å². The average molecular weight is 192 g/mol. The average Bonchev–Trinajstić information content (AvgIpc) is 2.73. The Morgan fingerprint density at radius 2 is 2.36 bits per heavy atom. The van der Waals surface area contributed by atoms with Gasteiger partial charge in [0, 0.05) is 12.6 Å². The summed E-state index contributed by atoms with van der Waals surface area (Å²) in [6.07, 6.45) is 3.32. The van der Waals surface area contributed by atoms with Gasteiger partial charge in [0.05, 0.1) is 24.2 Å². The molecule has 0 aliphatic rings. The number of nitrogens with zero attached hydrogens (tertiary/aromatic N) is 3. The van der Waals surface area contributed by atoms with Gasteiger partial charge in [-0.05, 0) is 13.0 Å². The number of aromatic nitrogens is 3. The maximum atomic E-state index is 6.01. The first kappa shape index (κ1) is 8.96. The second-order valence-corrected chi connectivity index (χ2v) is 3.25. The van der Waals surface area contributed by atoms with Crippen molar-refractivity contribution in [1.82, 2.24) is 15.0 Å². The first-order valence-electron chi connectivity index (χ1n) is 4.33. The van der Waals surface area contributed by atoms with Crippen LogP contribution in [0.3, 0.4) is 0 Å². The fraction of sp³-hybridized carbons (Fsp3) is 0.333. The van der Waals surface area contributed by atoms with Gasteiger partial charge in [-0.25, -0.2) is 0 Å². The van der Waals surface area contributed by atoms with Crippen molar-refractivity contribution < 1.29 is 4.42 Å². The van der Waals surface area contributed by atoms with Gasteiger partial charge in [-0.2, -0.15) is 0 Å². The summed E-state index contributed by atoms with van der Waals surface area (Å²) in [5.74, 6) is 0.852. The molecule has 0 saturated heterocycles. The molecule has 14 heavy (non-hydrogen) atoms. The number of aryl methyl sites for hydroxylation is 2. The molecule has 0 saturated carbocycles. The molecular weight excluding hydrogens is 180 g/mol. The minimum atomic E-state index is -0.229. The van der Waals surface area contributed by atoms with Crippen molar-refractivity contribution >= 4 is 0 Å². The Labute approximate surface area is 81.5 Å². The summed E-state index contributed by atoms with van der Waals surface area (Å²) in [6.45, 7) is 1.89. The number of hydrogen-bond donors (Lipinski definition) is 1. The zero-order valence-electron chi connectivity index (χ0n) is 8.14. The molecular formula is C9H12N4O. The molecule has 2 heterocycles. The van der Waals surface area contributed by atoms with Crippen LogP contribution in [0.15, 0.2) is 22.9 Å². The molecule has 0 aromatic carbocycles. The third-order valence-electron chi connectivity index (χ3n) is 2.18. The summed E-state index contributed by atoms with van der Waals surface area (Å²) in [5.41, 5.74) is 7.82. The fourth-order valence-electron chi connectivity index (χ4n) is 1.38. The van der Waals surface area contributed by atoms with Crippen LogP contribution in [0.4, 0.5) is 0 Å². The molecule has 2 N–H and O–H groups in total. The van der Waals surface area contributed by atoms with E-state index >= 15 is 0 Å². The van der Waals surface area contributed by atoms with Gasteiger partial charge in [-0.3, -0.25) is 4.68 Å². The highest BCUT2D eigenvalue weighted by Crippen LogP contribution is 2.19. The molecule has 1 unspecified atom stereocenters. The topological polar surface area (TPSA) is 69.9 Å². The second kappa shape index (κ2) is 3.26. The normalized spacial score (nSPS) is 13.1. The summed E-state index contributed by atoms with van der Waals surface area (Å²) < 4.78 is 6.85. The van der Waals surface area contributed by atoms with Gasteiger partial charge < -0.3 is 10.2 Å². The van der Waals surface area contributed by atoms with Gasteiger partial charge in [-0.15, -0.1) is 5.10 Å². The summed E-state index contributed by atoms with van der Waals surface area (Å²) in [4.78, 5) is 0. The minimum Gasteiger partial charge on any atom is -0.469 e. The van der Waals surface area contributed by atoms with Gasteiger partial charge in [0.25, 0.3) is 0 Å². The molecule has 5 nitrogen and oxygen atoms in total. The molecule has 2 rings (SSSR count). The van der Waals surface area contributed by atoms with Crippen LogP contribution in [0, 0.1) is 6.92 Å². The quantitative estimate of drug-likeness (QED) is 0.762. The van der Waals surface area contributed by atoms with Crippen LogP contribution < -0.4 is 5.73 Å². The van der Waals surface area contributed by atoms with E-state index in [-0.39, 0.29) is 6.04 Å².